The van der Waals surface area contributed by atoms with Crippen molar-refractivity contribution in [1.82, 2.24) is 14.9 Å². The number of hydrogen-bond acceptors (Lipinski definition) is 7. The van der Waals surface area contributed by atoms with Crippen LogP contribution in [0, 0.1) is 5.82 Å². The number of morpholine rings is 1. The standard InChI is InChI=1S/C27H25ClFN7O2/c28-23-14-21(5-7-25(23)38-16-19-2-1-3-20(29)12-19)34-26-22-13-18(4-6-24(22)31-17-32-26)15-33-35-27(30)36-8-10-37-11-9-36/h1-7,12-15,17H,8-11,16H2,(H2,30,35)(H,31,32,34). The van der Waals surface area contributed by atoms with Gasteiger partial charge in [-0.25, -0.2) is 14.4 Å². The highest BCUT2D eigenvalue weighted by Crippen LogP contribution is 2.31. The van der Waals surface area contributed by atoms with Crippen LogP contribution in [-0.2, 0) is 11.3 Å². The van der Waals surface area contributed by atoms with Gasteiger partial charge in [0.15, 0.2) is 0 Å². The number of rotatable bonds is 7. The van der Waals surface area contributed by atoms with E-state index in [0.717, 1.165) is 22.2 Å². The first-order chi connectivity index (χ1) is 18.5. The van der Waals surface area contributed by atoms with E-state index in [0.29, 0.717) is 54.4 Å². The van der Waals surface area contributed by atoms with E-state index < -0.39 is 0 Å². The molecule has 1 fully saturated rings. The Bertz CT molecular complexity index is 1490. The lowest BCUT2D eigenvalue weighted by molar-refractivity contribution is 0.0674. The summed E-state index contributed by atoms with van der Waals surface area (Å²) in [6.45, 7) is 2.83. The molecule has 0 radical (unpaired) electrons. The molecule has 0 saturated carbocycles. The topological polar surface area (TPSA) is 110 Å². The van der Waals surface area contributed by atoms with Gasteiger partial charge in [0, 0.05) is 24.2 Å². The van der Waals surface area contributed by atoms with Crippen LogP contribution in [0.5, 0.6) is 5.75 Å². The summed E-state index contributed by atoms with van der Waals surface area (Å²) in [7, 11) is 0. The molecule has 0 unspecified atom stereocenters. The molecule has 2 heterocycles. The van der Waals surface area contributed by atoms with E-state index in [-0.39, 0.29) is 12.4 Å². The van der Waals surface area contributed by atoms with Crippen molar-refractivity contribution in [3.8, 4) is 5.75 Å². The van der Waals surface area contributed by atoms with Crippen LogP contribution in [0.2, 0.25) is 5.02 Å². The molecule has 0 atom stereocenters. The van der Waals surface area contributed by atoms with Gasteiger partial charge in [0.2, 0.25) is 5.96 Å². The van der Waals surface area contributed by atoms with Gasteiger partial charge in [0.1, 0.15) is 30.3 Å². The van der Waals surface area contributed by atoms with Crippen molar-refractivity contribution in [2.24, 2.45) is 15.9 Å². The molecule has 194 valence electrons. The van der Waals surface area contributed by atoms with Crippen molar-refractivity contribution in [1.29, 1.82) is 0 Å². The van der Waals surface area contributed by atoms with Gasteiger partial charge in [0.05, 0.1) is 30.0 Å². The Morgan fingerprint density at radius 2 is 2.00 bits per heavy atom. The van der Waals surface area contributed by atoms with Gasteiger partial charge < -0.3 is 25.4 Å². The summed E-state index contributed by atoms with van der Waals surface area (Å²) in [6, 6.07) is 17.3. The second kappa shape index (κ2) is 11.8. The van der Waals surface area contributed by atoms with Crippen LogP contribution in [0.4, 0.5) is 15.9 Å². The Labute approximate surface area is 223 Å². The van der Waals surface area contributed by atoms with E-state index in [1.54, 1.807) is 30.5 Å². The van der Waals surface area contributed by atoms with Gasteiger partial charge in [-0.1, -0.05) is 29.8 Å². The summed E-state index contributed by atoms with van der Waals surface area (Å²) >= 11 is 6.45. The maximum absolute atomic E-state index is 13.4. The number of fused-ring (bicyclic) bond motifs is 1. The van der Waals surface area contributed by atoms with Gasteiger partial charge >= 0.3 is 0 Å². The molecule has 38 heavy (non-hydrogen) atoms. The monoisotopic (exact) mass is 533 g/mol. The number of halogens is 2. The lowest BCUT2D eigenvalue weighted by Crippen LogP contribution is -2.44. The Morgan fingerprint density at radius 1 is 1.13 bits per heavy atom. The molecule has 1 saturated heterocycles. The van der Waals surface area contributed by atoms with Crippen molar-refractivity contribution >= 4 is 46.2 Å². The zero-order valence-corrected chi connectivity index (χ0v) is 21.1. The number of hydrogen-bond donors (Lipinski definition) is 2. The number of nitrogens with zero attached hydrogens (tertiary/aromatic N) is 5. The summed E-state index contributed by atoms with van der Waals surface area (Å²) in [6.07, 6.45) is 3.12. The van der Waals surface area contributed by atoms with Gasteiger partial charge in [-0.2, -0.15) is 5.10 Å². The average molecular weight is 534 g/mol. The molecule has 0 bridgehead atoms. The zero-order chi connectivity index (χ0) is 26.3. The van der Waals surface area contributed by atoms with E-state index in [4.69, 9.17) is 26.8 Å². The number of ether oxygens (including phenoxy) is 2. The van der Waals surface area contributed by atoms with E-state index in [1.807, 2.05) is 29.2 Å². The van der Waals surface area contributed by atoms with Crippen molar-refractivity contribution in [2.45, 2.75) is 6.61 Å². The molecule has 0 amide bonds. The minimum Gasteiger partial charge on any atom is -0.487 e. The lowest BCUT2D eigenvalue weighted by Gasteiger charge is -2.26. The van der Waals surface area contributed by atoms with Gasteiger partial charge in [-0.05, 0) is 53.6 Å². The van der Waals surface area contributed by atoms with E-state index in [9.17, 15) is 4.39 Å². The molecule has 11 heteroatoms. The fraction of sp³-hybridized carbons (Fsp3) is 0.185. The Kier molecular flexibility index (Phi) is 7.91. The normalized spacial score (nSPS) is 14.3. The number of nitrogens with two attached hydrogens (primary N) is 1. The Balaban J connectivity index is 1.29. The smallest absolute Gasteiger partial charge is 0.216 e. The van der Waals surface area contributed by atoms with Gasteiger partial charge in [-0.15, -0.1) is 5.10 Å². The molecule has 1 aliphatic heterocycles. The fourth-order valence-electron chi connectivity index (χ4n) is 3.88. The summed E-state index contributed by atoms with van der Waals surface area (Å²) in [4.78, 5) is 10.7. The molecule has 3 N–H and O–H groups in total. The predicted octanol–water partition coefficient (Wildman–Crippen LogP) is 4.73. The van der Waals surface area contributed by atoms with Crippen LogP contribution in [0.15, 0.2) is 77.2 Å². The maximum atomic E-state index is 13.4. The lowest BCUT2D eigenvalue weighted by atomic mass is 10.1. The molecule has 0 spiro atoms. The summed E-state index contributed by atoms with van der Waals surface area (Å²) in [5.41, 5.74) is 9.04. The van der Waals surface area contributed by atoms with Crippen LogP contribution in [0.25, 0.3) is 10.9 Å². The highest BCUT2D eigenvalue weighted by atomic mass is 35.5. The predicted molar refractivity (Wildman–Crippen MR) is 147 cm³/mol. The third kappa shape index (κ3) is 6.34. The molecule has 0 aliphatic carbocycles. The zero-order valence-electron chi connectivity index (χ0n) is 20.3. The number of benzene rings is 3. The van der Waals surface area contributed by atoms with Gasteiger partial charge in [0.25, 0.3) is 0 Å². The van der Waals surface area contributed by atoms with Crippen LogP contribution >= 0.6 is 11.6 Å². The number of anilines is 2. The molecule has 4 aromatic rings. The van der Waals surface area contributed by atoms with Crippen molar-refractivity contribution in [3.63, 3.8) is 0 Å². The molecular formula is C27H25ClFN7O2. The first-order valence-corrected chi connectivity index (χ1v) is 12.3. The van der Waals surface area contributed by atoms with Crippen molar-refractivity contribution in [3.05, 3.63) is 89.0 Å². The fourth-order valence-corrected chi connectivity index (χ4v) is 4.12. The highest BCUT2D eigenvalue weighted by molar-refractivity contribution is 6.32. The molecule has 3 aromatic carbocycles. The minimum absolute atomic E-state index is 0.202. The third-order valence-corrected chi connectivity index (χ3v) is 6.13. The average Bonchev–Trinajstić information content (AvgIpc) is 2.93. The maximum Gasteiger partial charge on any atom is 0.216 e. The van der Waals surface area contributed by atoms with E-state index in [2.05, 4.69) is 25.5 Å². The largest absolute Gasteiger partial charge is 0.487 e. The molecule has 1 aliphatic rings. The van der Waals surface area contributed by atoms with E-state index >= 15 is 0 Å². The molecule has 9 nitrogen and oxygen atoms in total. The van der Waals surface area contributed by atoms with Crippen LogP contribution in [0.1, 0.15) is 11.1 Å². The summed E-state index contributed by atoms with van der Waals surface area (Å²) in [5, 5.41) is 12.8. The SMILES string of the molecule is NC(=NN=Cc1ccc2ncnc(Nc3ccc(OCc4cccc(F)c4)c(Cl)c3)c2c1)N1CCOCC1. The summed E-state index contributed by atoms with van der Waals surface area (Å²) in [5.74, 6) is 1.14. The number of nitrogens with one attached hydrogen (secondary N) is 1. The van der Waals surface area contributed by atoms with Gasteiger partial charge in [-0.3, -0.25) is 0 Å². The van der Waals surface area contributed by atoms with Crippen molar-refractivity contribution in [2.75, 3.05) is 31.6 Å². The van der Waals surface area contributed by atoms with Crippen LogP contribution in [-0.4, -0.2) is 53.3 Å². The first-order valence-electron chi connectivity index (χ1n) is 11.9. The van der Waals surface area contributed by atoms with E-state index in [1.165, 1.54) is 18.5 Å². The Hall–Kier alpha value is -4.28. The molecule has 1 aromatic heterocycles. The molecule has 5 rings (SSSR count). The van der Waals surface area contributed by atoms with Crippen molar-refractivity contribution < 1.29 is 13.9 Å². The summed E-state index contributed by atoms with van der Waals surface area (Å²) < 4.78 is 24.5. The molecular weight excluding hydrogens is 509 g/mol. The first kappa shape index (κ1) is 25.4. The minimum atomic E-state index is -0.312. The highest BCUT2D eigenvalue weighted by Gasteiger charge is 2.12. The second-order valence-corrected chi connectivity index (χ2v) is 8.90. The van der Waals surface area contributed by atoms with Crippen LogP contribution < -0.4 is 15.8 Å². The third-order valence-electron chi connectivity index (χ3n) is 5.84. The quantitative estimate of drug-likeness (QED) is 0.201. The number of guanidine groups is 1. The second-order valence-electron chi connectivity index (χ2n) is 8.49. The Morgan fingerprint density at radius 3 is 2.82 bits per heavy atom. The number of aromatic nitrogens is 2. The van der Waals surface area contributed by atoms with Crippen LogP contribution in [0.3, 0.4) is 0 Å².